The number of carboxylic acids is 1. The SMILES string of the molecule is CNCC1COC2(CCN(c3nc4c(cc3F)C=C(C(=O)O)CN4c3ccc(F)cc3F)CC2)O1.Cl. The number of hydrogen-bond donors (Lipinski definition) is 2. The van der Waals surface area contributed by atoms with Gasteiger partial charge in [-0.3, -0.25) is 0 Å². The van der Waals surface area contributed by atoms with Crippen molar-refractivity contribution in [3.05, 3.63) is 52.9 Å². The van der Waals surface area contributed by atoms with E-state index in [4.69, 9.17) is 9.47 Å². The fourth-order valence-electron chi connectivity index (χ4n) is 4.80. The zero-order valence-electron chi connectivity index (χ0n) is 19.5. The lowest BCUT2D eigenvalue weighted by Crippen LogP contribution is -2.46. The molecule has 0 bridgehead atoms. The van der Waals surface area contributed by atoms with E-state index in [0.29, 0.717) is 45.1 Å². The number of rotatable bonds is 5. The summed E-state index contributed by atoms with van der Waals surface area (Å²) in [7, 11) is 1.84. The van der Waals surface area contributed by atoms with Crippen molar-refractivity contribution >= 4 is 41.8 Å². The van der Waals surface area contributed by atoms with Gasteiger partial charge in [0.05, 0.1) is 30.5 Å². The number of anilines is 3. The van der Waals surface area contributed by atoms with Crippen molar-refractivity contribution in [2.75, 3.05) is 49.6 Å². The lowest BCUT2D eigenvalue weighted by atomic mass is 10.0. The Morgan fingerprint density at radius 3 is 2.61 bits per heavy atom. The van der Waals surface area contributed by atoms with Crippen molar-refractivity contribution in [1.29, 1.82) is 0 Å². The molecule has 1 unspecified atom stereocenters. The zero-order chi connectivity index (χ0) is 24.7. The number of nitrogens with one attached hydrogen (secondary N) is 1. The van der Waals surface area contributed by atoms with Crippen molar-refractivity contribution in [3.8, 4) is 0 Å². The summed E-state index contributed by atoms with van der Waals surface area (Å²) in [5.74, 6) is -3.92. The Morgan fingerprint density at radius 1 is 1.19 bits per heavy atom. The number of ether oxygens (including phenoxy) is 2. The molecule has 0 amide bonds. The quantitative estimate of drug-likeness (QED) is 0.612. The largest absolute Gasteiger partial charge is 0.478 e. The van der Waals surface area contributed by atoms with E-state index in [1.54, 1.807) is 4.90 Å². The molecular formula is C24H26ClF3N4O4. The zero-order valence-corrected chi connectivity index (χ0v) is 20.3. The van der Waals surface area contributed by atoms with Gasteiger partial charge in [-0.1, -0.05) is 0 Å². The predicted molar refractivity (Wildman–Crippen MR) is 129 cm³/mol. The van der Waals surface area contributed by atoms with E-state index in [-0.39, 0.29) is 53.5 Å². The first-order valence-electron chi connectivity index (χ1n) is 11.4. The molecule has 1 aromatic carbocycles. The minimum absolute atomic E-state index is 0. The average molecular weight is 527 g/mol. The normalized spacial score (nSPS) is 20.7. The van der Waals surface area contributed by atoms with Gasteiger partial charge >= 0.3 is 5.97 Å². The lowest BCUT2D eigenvalue weighted by molar-refractivity contribution is -0.179. The molecule has 12 heteroatoms. The fraction of sp³-hybridized carbons (Fsp3) is 0.417. The van der Waals surface area contributed by atoms with Crippen LogP contribution < -0.4 is 15.1 Å². The maximum absolute atomic E-state index is 15.2. The van der Waals surface area contributed by atoms with E-state index in [1.807, 2.05) is 7.05 Å². The van der Waals surface area contributed by atoms with E-state index >= 15 is 4.39 Å². The Labute approximate surface area is 212 Å². The van der Waals surface area contributed by atoms with Crippen molar-refractivity contribution in [2.45, 2.75) is 24.7 Å². The molecule has 3 aliphatic heterocycles. The van der Waals surface area contributed by atoms with Gasteiger partial charge in [0.2, 0.25) is 0 Å². The summed E-state index contributed by atoms with van der Waals surface area (Å²) < 4.78 is 55.4. The fourth-order valence-corrected chi connectivity index (χ4v) is 4.80. The maximum atomic E-state index is 15.2. The number of pyridine rings is 1. The topological polar surface area (TPSA) is 87.2 Å². The monoisotopic (exact) mass is 526 g/mol. The van der Waals surface area contributed by atoms with Crippen LogP contribution in [0, 0.1) is 17.5 Å². The first-order valence-corrected chi connectivity index (χ1v) is 11.4. The van der Waals surface area contributed by atoms with Crippen LogP contribution in [-0.4, -0.2) is 67.8 Å². The summed E-state index contributed by atoms with van der Waals surface area (Å²) in [6.45, 7) is 1.81. The lowest BCUT2D eigenvalue weighted by Gasteiger charge is -2.39. The van der Waals surface area contributed by atoms with Gasteiger partial charge < -0.3 is 29.7 Å². The molecule has 1 aromatic heterocycles. The van der Waals surface area contributed by atoms with E-state index in [1.165, 1.54) is 23.1 Å². The molecule has 36 heavy (non-hydrogen) atoms. The Balaban J connectivity index is 0.00000304. The molecule has 1 atom stereocenters. The highest BCUT2D eigenvalue weighted by Crippen LogP contribution is 2.40. The first-order chi connectivity index (χ1) is 16.8. The first kappa shape index (κ1) is 26.2. The molecule has 3 aliphatic rings. The third-order valence-corrected chi connectivity index (χ3v) is 6.53. The van der Waals surface area contributed by atoms with Gasteiger partial charge in [0.15, 0.2) is 17.4 Å². The number of fused-ring (bicyclic) bond motifs is 1. The number of benzene rings is 1. The number of piperidine rings is 1. The highest BCUT2D eigenvalue weighted by atomic mass is 35.5. The summed E-state index contributed by atoms with van der Waals surface area (Å²) >= 11 is 0. The standard InChI is InChI=1S/C24H25F3N4O4.ClH/c1-28-11-17-13-34-24(35-17)4-6-30(7-5-24)22-19(27)9-14-8-15(23(32)33)12-31(21(14)29-22)20-3-2-16(25)10-18(20)26;/h2-3,8-10,17,28H,4-7,11-13H2,1H3,(H,32,33);1H. The van der Waals surface area contributed by atoms with Crippen LogP contribution in [0.15, 0.2) is 29.8 Å². The smallest absolute Gasteiger partial charge is 0.333 e. The van der Waals surface area contributed by atoms with Crippen LogP contribution in [0.2, 0.25) is 0 Å². The minimum Gasteiger partial charge on any atom is -0.478 e. The Morgan fingerprint density at radius 2 is 1.94 bits per heavy atom. The van der Waals surface area contributed by atoms with E-state index < -0.39 is 29.2 Å². The second kappa shape index (κ2) is 10.3. The number of likely N-dealkylation sites (N-methyl/N-ethyl adjacent to an activating group) is 1. The summed E-state index contributed by atoms with van der Waals surface area (Å²) in [5, 5.41) is 12.6. The third kappa shape index (κ3) is 4.88. The number of hydrogen-bond acceptors (Lipinski definition) is 7. The molecule has 2 fully saturated rings. The summed E-state index contributed by atoms with van der Waals surface area (Å²) in [6.07, 6.45) is 2.32. The van der Waals surface area contributed by atoms with Gasteiger partial charge in [-0.15, -0.1) is 12.4 Å². The van der Waals surface area contributed by atoms with Crippen molar-refractivity contribution in [2.24, 2.45) is 0 Å². The van der Waals surface area contributed by atoms with Crippen LogP contribution in [0.3, 0.4) is 0 Å². The number of halogens is 4. The Hall–Kier alpha value is -2.86. The number of nitrogens with zero attached hydrogens (tertiary/aromatic N) is 3. The molecule has 2 saturated heterocycles. The molecule has 2 aromatic rings. The maximum Gasteiger partial charge on any atom is 0.333 e. The van der Waals surface area contributed by atoms with Crippen molar-refractivity contribution in [3.63, 3.8) is 0 Å². The van der Waals surface area contributed by atoms with Crippen LogP contribution in [0.1, 0.15) is 18.4 Å². The Kier molecular flexibility index (Phi) is 7.46. The highest BCUT2D eigenvalue weighted by molar-refractivity contribution is 5.97. The molecular weight excluding hydrogens is 501 g/mol. The van der Waals surface area contributed by atoms with Gasteiger partial charge in [-0.05, 0) is 31.3 Å². The van der Waals surface area contributed by atoms with E-state index in [2.05, 4.69) is 10.3 Å². The Bertz CT molecular complexity index is 1190. The minimum atomic E-state index is -1.22. The summed E-state index contributed by atoms with van der Waals surface area (Å²) in [5.41, 5.74) is 0.0803. The van der Waals surface area contributed by atoms with Gasteiger partial charge in [0.25, 0.3) is 0 Å². The van der Waals surface area contributed by atoms with Crippen LogP contribution >= 0.6 is 12.4 Å². The molecule has 2 N–H and O–H groups in total. The average Bonchev–Trinajstić information content (AvgIpc) is 3.21. The molecule has 5 rings (SSSR count). The number of aromatic nitrogens is 1. The molecule has 0 aliphatic carbocycles. The molecule has 0 saturated carbocycles. The summed E-state index contributed by atoms with van der Waals surface area (Å²) in [4.78, 5) is 19.3. The molecule has 1 spiro atoms. The van der Waals surface area contributed by atoms with Crippen molar-refractivity contribution in [1.82, 2.24) is 10.3 Å². The van der Waals surface area contributed by atoms with Gasteiger partial charge in [0, 0.05) is 44.1 Å². The number of carboxylic acid groups (broad SMARTS) is 1. The molecule has 194 valence electrons. The second-order valence-electron chi connectivity index (χ2n) is 8.87. The van der Waals surface area contributed by atoms with Crippen molar-refractivity contribution < 1.29 is 32.5 Å². The molecule has 0 radical (unpaired) electrons. The van der Waals surface area contributed by atoms with Crippen LogP contribution in [0.5, 0.6) is 0 Å². The van der Waals surface area contributed by atoms with Crippen LogP contribution in [0.25, 0.3) is 6.08 Å². The van der Waals surface area contributed by atoms with Gasteiger partial charge in [-0.2, -0.15) is 0 Å². The predicted octanol–water partition coefficient (Wildman–Crippen LogP) is 3.47. The van der Waals surface area contributed by atoms with E-state index in [0.717, 1.165) is 6.07 Å². The van der Waals surface area contributed by atoms with Crippen LogP contribution in [-0.2, 0) is 14.3 Å². The molecule has 4 heterocycles. The second-order valence-corrected chi connectivity index (χ2v) is 8.87. The van der Waals surface area contributed by atoms with E-state index in [9.17, 15) is 18.7 Å². The van der Waals surface area contributed by atoms with Crippen LogP contribution in [0.4, 0.5) is 30.5 Å². The number of carbonyl (C=O) groups is 1. The summed E-state index contributed by atoms with van der Waals surface area (Å²) in [6, 6.07) is 4.20. The third-order valence-electron chi connectivity index (χ3n) is 6.53. The number of aliphatic carboxylic acids is 1. The molecule has 8 nitrogen and oxygen atoms in total. The van der Waals surface area contributed by atoms with Gasteiger partial charge in [-0.25, -0.2) is 22.9 Å². The van der Waals surface area contributed by atoms with Gasteiger partial charge in [0.1, 0.15) is 17.5 Å². The highest BCUT2D eigenvalue weighted by Gasteiger charge is 2.44.